The van der Waals surface area contributed by atoms with E-state index in [-0.39, 0.29) is 27.8 Å². The van der Waals surface area contributed by atoms with Gasteiger partial charge in [0.1, 0.15) is 23.0 Å². The van der Waals surface area contributed by atoms with E-state index in [4.69, 9.17) is 9.52 Å². The van der Waals surface area contributed by atoms with Crippen LogP contribution in [0.5, 0.6) is 0 Å². The second-order valence-corrected chi connectivity index (χ2v) is 7.83. The molecule has 0 aliphatic heterocycles. The van der Waals surface area contributed by atoms with Gasteiger partial charge in [0.05, 0.1) is 0 Å². The predicted octanol–water partition coefficient (Wildman–Crippen LogP) is 1.50. The zero-order chi connectivity index (χ0) is 14.0. The van der Waals surface area contributed by atoms with Crippen LogP contribution in [0.3, 0.4) is 0 Å². The molecule has 7 heteroatoms. The number of aliphatic hydroxyl groups excluding tert-OH is 1. The second kappa shape index (κ2) is 5.64. The molecule has 0 fully saturated rings. The lowest BCUT2D eigenvalue weighted by Gasteiger charge is -2.21. The number of hydrogen-bond donors (Lipinski definition) is 2. The van der Waals surface area contributed by atoms with Crippen LogP contribution >= 0.6 is 11.8 Å². The fraction of sp³-hybridized carbons (Fsp3) is 0.636. The van der Waals surface area contributed by atoms with E-state index >= 15 is 0 Å². The quantitative estimate of drug-likeness (QED) is 0.831. The highest BCUT2D eigenvalue weighted by Crippen LogP contribution is 2.23. The number of aryl methyl sites for hydroxylation is 1. The highest BCUT2D eigenvalue weighted by Gasteiger charge is 2.24. The molecule has 0 saturated heterocycles. The third kappa shape index (κ3) is 3.74. The minimum Gasteiger partial charge on any atom is -0.462 e. The SMILES string of the molecule is CSC(C)(C)CNS(=O)(=O)c1cc(CO)oc1C. The summed E-state index contributed by atoms with van der Waals surface area (Å²) in [5, 5.41) is 8.93. The molecule has 0 atom stereocenters. The third-order valence-electron chi connectivity index (χ3n) is 2.61. The number of sulfonamides is 1. The summed E-state index contributed by atoms with van der Waals surface area (Å²) in [7, 11) is -3.59. The van der Waals surface area contributed by atoms with Gasteiger partial charge >= 0.3 is 0 Å². The summed E-state index contributed by atoms with van der Waals surface area (Å²) < 4.78 is 31.7. The van der Waals surface area contributed by atoms with Crippen molar-refractivity contribution in [2.75, 3.05) is 12.8 Å². The van der Waals surface area contributed by atoms with E-state index in [1.54, 1.807) is 18.7 Å². The summed E-state index contributed by atoms with van der Waals surface area (Å²) >= 11 is 1.59. The van der Waals surface area contributed by atoms with Gasteiger partial charge in [0.15, 0.2) is 0 Å². The predicted molar refractivity (Wildman–Crippen MR) is 72.2 cm³/mol. The van der Waals surface area contributed by atoms with E-state index in [2.05, 4.69) is 4.72 Å². The molecule has 1 aromatic rings. The smallest absolute Gasteiger partial charge is 0.244 e. The minimum absolute atomic E-state index is 0.0865. The minimum atomic E-state index is -3.59. The first-order valence-electron chi connectivity index (χ1n) is 5.47. The molecule has 5 nitrogen and oxygen atoms in total. The molecule has 0 aliphatic rings. The fourth-order valence-electron chi connectivity index (χ4n) is 1.29. The van der Waals surface area contributed by atoms with Gasteiger partial charge < -0.3 is 9.52 Å². The monoisotopic (exact) mass is 293 g/mol. The summed E-state index contributed by atoms with van der Waals surface area (Å²) in [5.74, 6) is 0.533. The normalized spacial score (nSPS) is 12.9. The Balaban J connectivity index is 2.90. The zero-order valence-corrected chi connectivity index (χ0v) is 12.6. The Morgan fingerprint density at radius 1 is 1.50 bits per heavy atom. The molecular weight excluding hydrogens is 274 g/mol. The average molecular weight is 293 g/mol. The molecule has 0 bridgehead atoms. The molecule has 0 unspecified atom stereocenters. The van der Waals surface area contributed by atoms with Crippen LogP contribution in [0.2, 0.25) is 0 Å². The molecule has 0 amide bonds. The van der Waals surface area contributed by atoms with E-state index < -0.39 is 10.0 Å². The van der Waals surface area contributed by atoms with Crippen molar-refractivity contribution in [2.45, 2.75) is 37.0 Å². The molecule has 1 aromatic heterocycles. The van der Waals surface area contributed by atoms with Crippen LogP contribution in [-0.2, 0) is 16.6 Å². The van der Waals surface area contributed by atoms with E-state index in [0.717, 1.165) is 0 Å². The molecule has 1 heterocycles. The number of furan rings is 1. The first-order valence-corrected chi connectivity index (χ1v) is 8.17. The van der Waals surface area contributed by atoms with Crippen molar-refractivity contribution < 1.29 is 17.9 Å². The molecular formula is C11H19NO4S2. The highest BCUT2D eigenvalue weighted by molar-refractivity contribution is 8.00. The van der Waals surface area contributed by atoms with Crippen LogP contribution in [0.1, 0.15) is 25.4 Å². The molecule has 0 radical (unpaired) electrons. The molecule has 0 spiro atoms. The number of rotatable bonds is 6. The van der Waals surface area contributed by atoms with Crippen molar-refractivity contribution in [3.05, 3.63) is 17.6 Å². The third-order valence-corrected chi connectivity index (χ3v) is 5.37. The topological polar surface area (TPSA) is 79.5 Å². The van der Waals surface area contributed by atoms with Gasteiger partial charge in [-0.3, -0.25) is 0 Å². The Hall–Kier alpha value is -0.500. The molecule has 18 heavy (non-hydrogen) atoms. The maximum Gasteiger partial charge on any atom is 0.244 e. The largest absolute Gasteiger partial charge is 0.462 e. The first kappa shape index (κ1) is 15.6. The number of thioether (sulfide) groups is 1. The van der Waals surface area contributed by atoms with Crippen molar-refractivity contribution in [3.8, 4) is 0 Å². The molecule has 104 valence electrons. The van der Waals surface area contributed by atoms with Crippen LogP contribution in [-0.4, -0.2) is 31.1 Å². The molecule has 0 aliphatic carbocycles. The summed E-state index contributed by atoms with van der Waals surface area (Å²) in [5.41, 5.74) is 0. The van der Waals surface area contributed by atoms with Crippen LogP contribution in [0, 0.1) is 6.92 Å². The Bertz CT molecular complexity index is 505. The van der Waals surface area contributed by atoms with Crippen LogP contribution in [0.25, 0.3) is 0 Å². The van der Waals surface area contributed by atoms with Crippen molar-refractivity contribution >= 4 is 21.8 Å². The lowest BCUT2D eigenvalue weighted by Crippen LogP contribution is -2.36. The molecule has 1 rings (SSSR count). The van der Waals surface area contributed by atoms with E-state index in [0.29, 0.717) is 6.54 Å². The van der Waals surface area contributed by atoms with Crippen LogP contribution < -0.4 is 4.72 Å². The molecule has 0 saturated carbocycles. The molecule has 2 N–H and O–H groups in total. The van der Waals surface area contributed by atoms with Crippen molar-refractivity contribution in [1.82, 2.24) is 4.72 Å². The second-order valence-electron chi connectivity index (χ2n) is 4.58. The van der Waals surface area contributed by atoms with E-state index in [1.165, 1.54) is 6.07 Å². The zero-order valence-electron chi connectivity index (χ0n) is 11.0. The van der Waals surface area contributed by atoms with Gasteiger partial charge in [-0.15, -0.1) is 0 Å². The fourth-order valence-corrected chi connectivity index (χ4v) is 3.01. The van der Waals surface area contributed by atoms with E-state index in [1.807, 2.05) is 20.1 Å². The lowest BCUT2D eigenvalue weighted by molar-refractivity contribution is 0.244. The Kier molecular flexibility index (Phi) is 4.88. The van der Waals surface area contributed by atoms with Crippen LogP contribution in [0.4, 0.5) is 0 Å². The maximum atomic E-state index is 12.1. The maximum absolute atomic E-state index is 12.1. The number of hydrogen-bond acceptors (Lipinski definition) is 5. The number of nitrogens with one attached hydrogen (secondary N) is 1. The summed E-state index contributed by atoms with van der Waals surface area (Å²) in [6, 6.07) is 1.35. The van der Waals surface area contributed by atoms with Gasteiger partial charge in [0.25, 0.3) is 0 Å². The lowest BCUT2D eigenvalue weighted by atomic mass is 10.2. The van der Waals surface area contributed by atoms with Gasteiger partial charge in [-0.25, -0.2) is 13.1 Å². The summed E-state index contributed by atoms with van der Waals surface area (Å²) in [6.45, 7) is 5.50. The van der Waals surface area contributed by atoms with Crippen molar-refractivity contribution in [3.63, 3.8) is 0 Å². The Morgan fingerprint density at radius 2 is 2.11 bits per heavy atom. The first-order chi connectivity index (χ1) is 8.22. The van der Waals surface area contributed by atoms with Gasteiger partial charge in [0.2, 0.25) is 10.0 Å². The van der Waals surface area contributed by atoms with Gasteiger partial charge in [-0.05, 0) is 27.0 Å². The summed E-state index contributed by atoms with van der Waals surface area (Å²) in [6.07, 6.45) is 1.93. The average Bonchev–Trinajstić information content (AvgIpc) is 2.69. The van der Waals surface area contributed by atoms with Gasteiger partial charge in [-0.2, -0.15) is 11.8 Å². The number of aliphatic hydroxyl groups is 1. The van der Waals surface area contributed by atoms with Crippen molar-refractivity contribution in [1.29, 1.82) is 0 Å². The van der Waals surface area contributed by atoms with Gasteiger partial charge in [-0.1, -0.05) is 0 Å². The summed E-state index contributed by atoms with van der Waals surface area (Å²) in [4.78, 5) is 0.0865. The Labute approximate surface area is 112 Å². The van der Waals surface area contributed by atoms with Crippen molar-refractivity contribution in [2.24, 2.45) is 0 Å². The standard InChI is InChI=1S/C11H19NO4S2/c1-8-10(5-9(6-13)16-8)18(14,15)12-7-11(2,3)17-4/h5,12-13H,6-7H2,1-4H3. The van der Waals surface area contributed by atoms with Crippen LogP contribution in [0.15, 0.2) is 15.4 Å². The highest BCUT2D eigenvalue weighted by atomic mass is 32.2. The molecule has 0 aromatic carbocycles. The van der Waals surface area contributed by atoms with E-state index in [9.17, 15) is 8.42 Å². The Morgan fingerprint density at radius 3 is 2.56 bits per heavy atom. The van der Waals surface area contributed by atoms with Gasteiger partial charge in [0, 0.05) is 17.4 Å².